The molecule has 0 saturated carbocycles. The number of rotatable bonds is 1. The summed E-state index contributed by atoms with van der Waals surface area (Å²) in [5.74, 6) is 0.189. The van der Waals surface area contributed by atoms with E-state index in [9.17, 15) is 5.11 Å². The molecule has 16 heavy (non-hydrogen) atoms. The Labute approximate surface area is 92.4 Å². The Bertz CT molecular complexity index is 610. The highest BCUT2D eigenvalue weighted by molar-refractivity contribution is 5.86. The van der Waals surface area contributed by atoms with Crippen LogP contribution in [0.2, 0.25) is 0 Å². The van der Waals surface area contributed by atoms with Crippen LogP contribution >= 0.6 is 0 Å². The van der Waals surface area contributed by atoms with E-state index in [2.05, 4.69) is 9.97 Å². The van der Waals surface area contributed by atoms with Gasteiger partial charge in [0.2, 0.25) is 0 Å². The van der Waals surface area contributed by atoms with E-state index >= 15 is 0 Å². The van der Waals surface area contributed by atoms with Crippen molar-refractivity contribution in [2.24, 2.45) is 0 Å². The number of hydrogen-bond acceptors (Lipinski definition) is 2. The number of fused-ring (bicyclic) bond motifs is 1. The van der Waals surface area contributed by atoms with Gasteiger partial charge in [0.1, 0.15) is 5.75 Å². The van der Waals surface area contributed by atoms with E-state index in [1.165, 1.54) is 6.20 Å². The maximum Gasteiger partial charge on any atom is 0.143 e. The molecule has 3 heteroatoms. The van der Waals surface area contributed by atoms with E-state index in [-0.39, 0.29) is 5.75 Å². The topological polar surface area (TPSA) is 48.9 Å². The number of nitrogens with zero attached hydrogens (tertiary/aromatic N) is 1. The molecular weight excluding hydrogens is 200 g/mol. The van der Waals surface area contributed by atoms with Crippen molar-refractivity contribution in [3.05, 3.63) is 48.8 Å². The minimum absolute atomic E-state index is 0.189. The highest BCUT2D eigenvalue weighted by Crippen LogP contribution is 2.29. The third-order valence-electron chi connectivity index (χ3n) is 2.62. The average Bonchev–Trinajstić information content (AvgIpc) is 2.73. The molecule has 0 aliphatic carbocycles. The standard InChI is InChI=1S/C13H10N2O/c16-13-8-14-6-5-10(13)12-7-9-3-1-2-4-11(9)15-12/h1-8,15-16H. The van der Waals surface area contributed by atoms with Gasteiger partial charge in [0.05, 0.1) is 11.9 Å². The van der Waals surface area contributed by atoms with Crippen LogP contribution in [0, 0.1) is 0 Å². The number of hydrogen-bond donors (Lipinski definition) is 2. The normalized spacial score (nSPS) is 10.8. The summed E-state index contributed by atoms with van der Waals surface area (Å²) in [6, 6.07) is 11.8. The highest BCUT2D eigenvalue weighted by atomic mass is 16.3. The summed E-state index contributed by atoms with van der Waals surface area (Å²) >= 11 is 0. The molecule has 3 nitrogen and oxygen atoms in total. The van der Waals surface area contributed by atoms with Crippen LogP contribution in [-0.4, -0.2) is 15.1 Å². The number of aromatic nitrogens is 2. The van der Waals surface area contributed by atoms with Crippen LogP contribution in [0.4, 0.5) is 0 Å². The molecule has 78 valence electrons. The average molecular weight is 210 g/mol. The fourth-order valence-electron chi connectivity index (χ4n) is 1.83. The molecule has 3 aromatic rings. The lowest BCUT2D eigenvalue weighted by Gasteiger charge is -1.99. The van der Waals surface area contributed by atoms with E-state index < -0.39 is 0 Å². The largest absolute Gasteiger partial charge is 0.506 e. The van der Waals surface area contributed by atoms with E-state index in [4.69, 9.17) is 0 Å². The molecule has 0 fully saturated rings. The molecular formula is C13H10N2O. The van der Waals surface area contributed by atoms with Crippen molar-refractivity contribution in [3.63, 3.8) is 0 Å². The summed E-state index contributed by atoms with van der Waals surface area (Å²) in [5, 5.41) is 10.8. The van der Waals surface area contributed by atoms with Gasteiger partial charge in [-0.2, -0.15) is 0 Å². The predicted octanol–water partition coefficient (Wildman–Crippen LogP) is 2.94. The summed E-state index contributed by atoms with van der Waals surface area (Å²) in [4.78, 5) is 7.13. The number of aromatic amines is 1. The summed E-state index contributed by atoms with van der Waals surface area (Å²) in [5.41, 5.74) is 2.74. The van der Waals surface area contributed by atoms with Gasteiger partial charge in [0, 0.05) is 22.7 Å². The van der Waals surface area contributed by atoms with Gasteiger partial charge in [-0.05, 0) is 18.2 Å². The molecule has 1 aromatic carbocycles. The summed E-state index contributed by atoms with van der Waals surface area (Å²) in [6.07, 6.45) is 3.11. The Kier molecular flexibility index (Phi) is 1.90. The Hall–Kier alpha value is -2.29. The number of pyridine rings is 1. The minimum Gasteiger partial charge on any atom is -0.506 e. The maximum absolute atomic E-state index is 9.71. The fraction of sp³-hybridized carbons (Fsp3) is 0. The molecule has 0 radical (unpaired) electrons. The lowest BCUT2D eigenvalue weighted by atomic mass is 10.2. The van der Waals surface area contributed by atoms with E-state index in [1.54, 1.807) is 12.3 Å². The number of aromatic hydroxyl groups is 1. The Morgan fingerprint density at radius 1 is 1.12 bits per heavy atom. The van der Waals surface area contributed by atoms with Crippen LogP contribution in [0.1, 0.15) is 0 Å². The van der Waals surface area contributed by atoms with Crippen molar-refractivity contribution < 1.29 is 5.11 Å². The SMILES string of the molecule is Oc1cnccc1-c1cc2ccccc2[nH]1. The van der Waals surface area contributed by atoms with Crippen molar-refractivity contribution in [2.45, 2.75) is 0 Å². The monoisotopic (exact) mass is 210 g/mol. The number of para-hydroxylation sites is 1. The van der Waals surface area contributed by atoms with Crippen LogP contribution in [0.3, 0.4) is 0 Å². The van der Waals surface area contributed by atoms with Crippen molar-refractivity contribution in [2.75, 3.05) is 0 Å². The fourth-order valence-corrected chi connectivity index (χ4v) is 1.83. The third kappa shape index (κ3) is 1.34. The van der Waals surface area contributed by atoms with E-state index in [0.29, 0.717) is 0 Å². The van der Waals surface area contributed by atoms with Crippen LogP contribution in [-0.2, 0) is 0 Å². The van der Waals surface area contributed by atoms with Gasteiger partial charge < -0.3 is 10.1 Å². The second-order valence-electron chi connectivity index (χ2n) is 3.66. The second kappa shape index (κ2) is 3.38. The van der Waals surface area contributed by atoms with Crippen LogP contribution in [0.15, 0.2) is 48.8 Å². The second-order valence-corrected chi connectivity index (χ2v) is 3.66. The third-order valence-corrected chi connectivity index (χ3v) is 2.62. The van der Waals surface area contributed by atoms with Gasteiger partial charge in [-0.3, -0.25) is 4.98 Å². The van der Waals surface area contributed by atoms with E-state index in [1.807, 2.05) is 30.3 Å². The zero-order valence-electron chi connectivity index (χ0n) is 8.51. The molecule has 2 heterocycles. The predicted molar refractivity (Wildman–Crippen MR) is 63.2 cm³/mol. The molecule has 0 spiro atoms. The lowest BCUT2D eigenvalue weighted by molar-refractivity contribution is 0.474. The van der Waals surface area contributed by atoms with Gasteiger partial charge in [-0.25, -0.2) is 0 Å². The Morgan fingerprint density at radius 3 is 2.81 bits per heavy atom. The number of H-pyrrole nitrogens is 1. The first-order chi connectivity index (χ1) is 7.84. The van der Waals surface area contributed by atoms with Crippen molar-refractivity contribution >= 4 is 10.9 Å². The summed E-state index contributed by atoms with van der Waals surface area (Å²) in [7, 11) is 0. The van der Waals surface area contributed by atoms with Crippen LogP contribution < -0.4 is 0 Å². The molecule has 0 unspecified atom stereocenters. The highest BCUT2D eigenvalue weighted by Gasteiger charge is 2.06. The quantitative estimate of drug-likeness (QED) is 0.648. The molecule has 2 aromatic heterocycles. The number of nitrogens with one attached hydrogen (secondary N) is 1. The molecule has 0 amide bonds. The smallest absolute Gasteiger partial charge is 0.143 e. The van der Waals surface area contributed by atoms with Gasteiger partial charge in [-0.15, -0.1) is 0 Å². The zero-order valence-corrected chi connectivity index (χ0v) is 8.51. The summed E-state index contributed by atoms with van der Waals surface area (Å²) < 4.78 is 0. The molecule has 0 aliphatic heterocycles. The van der Waals surface area contributed by atoms with Gasteiger partial charge >= 0.3 is 0 Å². The van der Waals surface area contributed by atoms with Gasteiger partial charge in [0.15, 0.2) is 0 Å². The minimum atomic E-state index is 0.189. The molecule has 0 aliphatic rings. The van der Waals surface area contributed by atoms with Crippen molar-refractivity contribution in [3.8, 4) is 17.0 Å². The Morgan fingerprint density at radius 2 is 2.00 bits per heavy atom. The van der Waals surface area contributed by atoms with Gasteiger partial charge in [-0.1, -0.05) is 18.2 Å². The van der Waals surface area contributed by atoms with Crippen molar-refractivity contribution in [1.29, 1.82) is 0 Å². The lowest BCUT2D eigenvalue weighted by Crippen LogP contribution is -1.79. The molecule has 0 atom stereocenters. The Balaban J connectivity index is 2.23. The summed E-state index contributed by atoms with van der Waals surface area (Å²) in [6.45, 7) is 0. The maximum atomic E-state index is 9.71. The van der Waals surface area contributed by atoms with Crippen LogP contribution in [0.5, 0.6) is 5.75 Å². The first-order valence-electron chi connectivity index (χ1n) is 5.06. The number of benzene rings is 1. The first-order valence-corrected chi connectivity index (χ1v) is 5.06. The zero-order chi connectivity index (χ0) is 11.0. The van der Waals surface area contributed by atoms with E-state index in [0.717, 1.165) is 22.2 Å². The van der Waals surface area contributed by atoms with Crippen LogP contribution in [0.25, 0.3) is 22.2 Å². The van der Waals surface area contributed by atoms with Crippen molar-refractivity contribution in [1.82, 2.24) is 9.97 Å². The van der Waals surface area contributed by atoms with Gasteiger partial charge in [0.25, 0.3) is 0 Å². The molecule has 0 saturated heterocycles. The first kappa shape index (κ1) is 8.97. The molecule has 0 bridgehead atoms. The molecule has 2 N–H and O–H groups in total. The molecule has 3 rings (SSSR count).